The number of methoxy groups -OCH3 is 2. The molecule has 3 aromatic rings. The molecule has 0 aliphatic carbocycles. The quantitative estimate of drug-likeness (QED) is 0.336. The second kappa shape index (κ2) is 8.88. The number of Topliss-reactive ketones (excluding diaryl/α,β-unsaturated/α-hetero) is 1. The maximum absolute atomic E-state index is 13.1. The summed E-state index contributed by atoms with van der Waals surface area (Å²) in [5, 5.41) is 13.2. The molecule has 0 bridgehead atoms. The van der Waals surface area contributed by atoms with Gasteiger partial charge in [-0.2, -0.15) is 0 Å². The number of amides is 1. The van der Waals surface area contributed by atoms with E-state index in [0.717, 1.165) is 16.0 Å². The van der Waals surface area contributed by atoms with Gasteiger partial charge in [0.05, 0.1) is 32.4 Å². The molecule has 1 saturated heterocycles. The van der Waals surface area contributed by atoms with Crippen molar-refractivity contribution in [1.82, 2.24) is 4.90 Å². The number of hydrogen-bond acceptors (Lipinski definition) is 6. The minimum absolute atomic E-state index is 0.0596. The first-order valence-corrected chi connectivity index (χ1v) is 10.9. The Hall–Kier alpha value is -3.58. The van der Waals surface area contributed by atoms with Crippen LogP contribution in [0.15, 0.2) is 65.6 Å². The van der Waals surface area contributed by atoms with Gasteiger partial charge in [0, 0.05) is 10.4 Å². The Labute approximate surface area is 190 Å². The number of rotatable bonds is 6. The van der Waals surface area contributed by atoms with Crippen LogP contribution in [0.25, 0.3) is 5.76 Å². The van der Waals surface area contributed by atoms with Crippen LogP contribution in [0.3, 0.4) is 0 Å². The van der Waals surface area contributed by atoms with Gasteiger partial charge in [0.15, 0.2) is 11.5 Å². The van der Waals surface area contributed by atoms with E-state index in [0.29, 0.717) is 17.1 Å². The van der Waals surface area contributed by atoms with Gasteiger partial charge in [-0.25, -0.2) is 0 Å². The average Bonchev–Trinajstić information content (AvgIpc) is 3.40. The van der Waals surface area contributed by atoms with E-state index in [1.165, 1.54) is 30.5 Å². The lowest BCUT2D eigenvalue weighted by Gasteiger charge is -2.25. The number of aliphatic hydroxyl groups excluding tert-OH is 1. The molecule has 164 valence electrons. The van der Waals surface area contributed by atoms with Crippen LogP contribution < -0.4 is 9.47 Å². The molecule has 1 unspecified atom stereocenters. The van der Waals surface area contributed by atoms with Crippen molar-refractivity contribution in [3.05, 3.63) is 87.1 Å². The van der Waals surface area contributed by atoms with Crippen molar-refractivity contribution >= 4 is 28.8 Å². The highest BCUT2D eigenvalue weighted by molar-refractivity contribution is 7.09. The monoisotopic (exact) mass is 449 g/mol. The maximum Gasteiger partial charge on any atom is 0.295 e. The minimum Gasteiger partial charge on any atom is -0.507 e. The molecule has 0 radical (unpaired) electrons. The molecular weight excluding hydrogens is 426 g/mol. The van der Waals surface area contributed by atoms with Crippen LogP contribution in [0.5, 0.6) is 11.5 Å². The molecule has 0 spiro atoms. The van der Waals surface area contributed by atoms with E-state index < -0.39 is 17.7 Å². The molecule has 1 aliphatic rings. The molecule has 6 nitrogen and oxygen atoms in total. The molecule has 0 saturated carbocycles. The number of hydrogen-bond donors (Lipinski definition) is 1. The summed E-state index contributed by atoms with van der Waals surface area (Å²) in [6, 6.07) is 15.6. The zero-order valence-corrected chi connectivity index (χ0v) is 18.8. The molecule has 2 aromatic carbocycles. The fraction of sp³-hybridized carbons (Fsp3) is 0.200. The normalized spacial score (nSPS) is 17.6. The highest BCUT2D eigenvalue weighted by Gasteiger charge is 2.46. The summed E-state index contributed by atoms with van der Waals surface area (Å²) in [7, 11) is 3.01. The maximum atomic E-state index is 13.1. The molecular formula is C25H23NO5S. The number of likely N-dealkylation sites (tertiary alicyclic amines) is 1. The van der Waals surface area contributed by atoms with Crippen LogP contribution in [0.4, 0.5) is 0 Å². The number of ketones is 1. The van der Waals surface area contributed by atoms with E-state index in [4.69, 9.17) is 9.47 Å². The number of thiophene rings is 1. The summed E-state index contributed by atoms with van der Waals surface area (Å²) < 4.78 is 10.6. The van der Waals surface area contributed by atoms with Crippen LogP contribution in [0, 0.1) is 6.92 Å². The summed E-state index contributed by atoms with van der Waals surface area (Å²) in [6.45, 7) is 2.23. The van der Waals surface area contributed by atoms with Gasteiger partial charge in [0.2, 0.25) is 0 Å². The molecule has 1 aliphatic heterocycles. The first-order valence-electron chi connectivity index (χ1n) is 10.0. The van der Waals surface area contributed by atoms with Gasteiger partial charge in [0.1, 0.15) is 5.76 Å². The lowest BCUT2D eigenvalue weighted by molar-refractivity contribution is -0.140. The summed E-state index contributed by atoms with van der Waals surface area (Å²) in [5.74, 6) is -0.675. The van der Waals surface area contributed by atoms with Crippen LogP contribution in [0.2, 0.25) is 0 Å². The Morgan fingerprint density at radius 1 is 1.03 bits per heavy atom. The van der Waals surface area contributed by atoms with E-state index >= 15 is 0 Å². The summed E-state index contributed by atoms with van der Waals surface area (Å²) >= 11 is 1.51. The molecule has 1 N–H and O–H groups in total. The SMILES string of the molecule is COc1ccc(/C(O)=C2/C(=O)C(=O)N(Cc3cccs3)C2c2cccc(C)c2)cc1OC. The Kier molecular flexibility index (Phi) is 6.01. The third-order valence-corrected chi connectivity index (χ3v) is 6.32. The number of nitrogens with zero attached hydrogens (tertiary/aromatic N) is 1. The van der Waals surface area contributed by atoms with Crippen molar-refractivity contribution in [3.63, 3.8) is 0 Å². The van der Waals surface area contributed by atoms with Gasteiger partial charge in [0.25, 0.3) is 11.7 Å². The lowest BCUT2D eigenvalue weighted by atomic mass is 9.94. The van der Waals surface area contributed by atoms with Gasteiger partial charge in [-0.3, -0.25) is 9.59 Å². The molecule has 7 heteroatoms. The average molecular weight is 450 g/mol. The second-order valence-electron chi connectivity index (χ2n) is 7.49. The molecule has 2 heterocycles. The molecule has 1 fully saturated rings. The molecule has 4 rings (SSSR count). The Morgan fingerprint density at radius 2 is 1.81 bits per heavy atom. The zero-order valence-electron chi connectivity index (χ0n) is 18.0. The molecule has 1 atom stereocenters. The highest BCUT2D eigenvalue weighted by atomic mass is 32.1. The smallest absolute Gasteiger partial charge is 0.295 e. The number of carbonyl (C=O) groups excluding carboxylic acids is 2. The van der Waals surface area contributed by atoms with Crippen molar-refractivity contribution in [2.24, 2.45) is 0 Å². The summed E-state index contributed by atoms with van der Waals surface area (Å²) in [6.07, 6.45) is 0. The minimum atomic E-state index is -0.708. The van der Waals surface area contributed by atoms with Crippen molar-refractivity contribution in [1.29, 1.82) is 0 Å². The fourth-order valence-corrected chi connectivity index (χ4v) is 4.64. The van der Waals surface area contributed by atoms with Crippen LogP contribution in [0.1, 0.15) is 27.6 Å². The van der Waals surface area contributed by atoms with E-state index in [-0.39, 0.29) is 17.9 Å². The van der Waals surface area contributed by atoms with Gasteiger partial charge in [-0.1, -0.05) is 35.9 Å². The first-order chi connectivity index (χ1) is 15.4. The number of benzene rings is 2. The Morgan fingerprint density at radius 3 is 2.47 bits per heavy atom. The predicted molar refractivity (Wildman–Crippen MR) is 123 cm³/mol. The number of carbonyl (C=O) groups is 2. The Bertz CT molecular complexity index is 1200. The van der Waals surface area contributed by atoms with Crippen molar-refractivity contribution < 1.29 is 24.2 Å². The highest BCUT2D eigenvalue weighted by Crippen LogP contribution is 2.41. The fourth-order valence-electron chi connectivity index (χ4n) is 3.94. The largest absolute Gasteiger partial charge is 0.507 e. The summed E-state index contributed by atoms with van der Waals surface area (Å²) in [4.78, 5) is 28.7. The van der Waals surface area contributed by atoms with Crippen LogP contribution >= 0.6 is 11.3 Å². The van der Waals surface area contributed by atoms with Crippen LogP contribution in [-0.4, -0.2) is 35.9 Å². The Balaban J connectivity index is 1.88. The van der Waals surface area contributed by atoms with Gasteiger partial charge >= 0.3 is 0 Å². The third kappa shape index (κ3) is 3.87. The summed E-state index contributed by atoms with van der Waals surface area (Å²) in [5.41, 5.74) is 2.19. The van der Waals surface area contributed by atoms with Crippen molar-refractivity contribution in [2.75, 3.05) is 14.2 Å². The molecule has 32 heavy (non-hydrogen) atoms. The number of aryl methyl sites for hydroxylation is 1. The van der Waals surface area contributed by atoms with Crippen molar-refractivity contribution in [3.8, 4) is 11.5 Å². The van der Waals surface area contributed by atoms with E-state index in [9.17, 15) is 14.7 Å². The van der Waals surface area contributed by atoms with Crippen molar-refractivity contribution in [2.45, 2.75) is 19.5 Å². The van der Waals surface area contributed by atoms with E-state index in [2.05, 4.69) is 0 Å². The zero-order chi connectivity index (χ0) is 22.8. The second-order valence-corrected chi connectivity index (χ2v) is 8.52. The number of ether oxygens (including phenoxy) is 2. The topological polar surface area (TPSA) is 76.1 Å². The first kappa shape index (κ1) is 21.6. The molecule has 1 aromatic heterocycles. The van der Waals surface area contributed by atoms with E-state index in [1.54, 1.807) is 18.2 Å². The third-order valence-electron chi connectivity index (χ3n) is 5.46. The van der Waals surface area contributed by atoms with Crippen LogP contribution in [-0.2, 0) is 16.1 Å². The van der Waals surface area contributed by atoms with Gasteiger partial charge in [-0.15, -0.1) is 11.3 Å². The standard InChI is InChI=1S/C25H23NO5S/c1-15-6-4-7-16(12-15)22-21(23(27)17-9-10-19(30-2)20(13-17)31-3)24(28)25(29)26(22)14-18-8-5-11-32-18/h4-13,22,27H,14H2,1-3H3/b23-21-. The van der Waals surface area contributed by atoms with Gasteiger partial charge < -0.3 is 19.5 Å². The predicted octanol–water partition coefficient (Wildman–Crippen LogP) is 4.70. The molecule has 1 amide bonds. The lowest BCUT2D eigenvalue weighted by Crippen LogP contribution is -2.28. The van der Waals surface area contributed by atoms with E-state index in [1.807, 2.05) is 48.7 Å². The number of aliphatic hydroxyl groups is 1. The van der Waals surface area contributed by atoms with Gasteiger partial charge in [-0.05, 0) is 42.1 Å².